The van der Waals surface area contributed by atoms with Crippen molar-refractivity contribution >= 4 is 17.7 Å². The average Bonchev–Trinajstić information content (AvgIpc) is 3.25. The predicted molar refractivity (Wildman–Crippen MR) is 108 cm³/mol. The van der Waals surface area contributed by atoms with Gasteiger partial charge in [-0.05, 0) is 12.1 Å². The second-order valence-electron chi connectivity index (χ2n) is 7.34. The van der Waals surface area contributed by atoms with Crippen LogP contribution in [0.4, 0.5) is 13.2 Å². The number of nitrogens with zero attached hydrogens (tertiary/aromatic N) is 4. The Hall–Kier alpha value is -2.19. The summed E-state index contributed by atoms with van der Waals surface area (Å²) in [6.07, 6.45) is -1.78. The molecule has 0 unspecified atom stereocenters. The number of aliphatic hydroxyl groups excluding tert-OH is 2. The molecule has 5 atom stereocenters. The first-order valence-electron chi connectivity index (χ1n) is 9.53. The Morgan fingerprint density at radius 3 is 2.53 bits per heavy atom. The van der Waals surface area contributed by atoms with Crippen LogP contribution in [-0.2, 0) is 14.3 Å². The van der Waals surface area contributed by atoms with Crippen molar-refractivity contribution in [2.45, 2.75) is 29.8 Å². The zero-order chi connectivity index (χ0) is 23.6. The number of aliphatic hydroxyl groups is 2. The molecule has 2 heterocycles. The lowest BCUT2D eigenvalue weighted by molar-refractivity contribution is -0.186. The molecule has 32 heavy (non-hydrogen) atoms. The van der Waals surface area contributed by atoms with E-state index in [0.29, 0.717) is 0 Å². The highest BCUT2D eigenvalue weighted by atomic mass is 32.2. The van der Waals surface area contributed by atoms with Crippen LogP contribution in [0.15, 0.2) is 18.3 Å². The van der Waals surface area contributed by atoms with Crippen LogP contribution < -0.4 is 0 Å². The highest BCUT2D eigenvalue weighted by Crippen LogP contribution is 2.37. The summed E-state index contributed by atoms with van der Waals surface area (Å²) in [6, 6.07) is 0.653. The maximum atomic E-state index is 13.6. The van der Waals surface area contributed by atoms with Crippen LogP contribution in [0.25, 0.3) is 11.3 Å². The van der Waals surface area contributed by atoms with Gasteiger partial charge in [-0.25, -0.2) is 17.9 Å². The van der Waals surface area contributed by atoms with Gasteiger partial charge >= 0.3 is 0 Å². The summed E-state index contributed by atoms with van der Waals surface area (Å²) < 4.78 is 53.0. The smallest absolute Gasteiger partial charge is 0.232 e. The van der Waals surface area contributed by atoms with Gasteiger partial charge in [-0.2, -0.15) is 0 Å². The summed E-state index contributed by atoms with van der Waals surface area (Å²) in [6.45, 7) is -0.511. The second-order valence-corrected chi connectivity index (χ2v) is 8.43. The number of rotatable bonds is 7. The van der Waals surface area contributed by atoms with Crippen LogP contribution in [0.2, 0.25) is 0 Å². The molecule has 1 aromatic heterocycles. The van der Waals surface area contributed by atoms with Crippen molar-refractivity contribution in [2.24, 2.45) is 0 Å². The Balaban J connectivity index is 1.91. The minimum absolute atomic E-state index is 0.0314. The second kappa shape index (κ2) is 10.2. The Labute approximate surface area is 186 Å². The lowest BCUT2D eigenvalue weighted by atomic mass is 9.97. The molecule has 1 aliphatic rings. The molecule has 2 aromatic rings. The minimum Gasteiger partial charge on any atom is -0.394 e. The molecular weight excluding hydrogens is 453 g/mol. The number of amides is 1. The minimum atomic E-state index is -1.60. The zero-order valence-corrected chi connectivity index (χ0v) is 18.3. The van der Waals surface area contributed by atoms with Gasteiger partial charge in [0.15, 0.2) is 17.5 Å². The zero-order valence-electron chi connectivity index (χ0n) is 17.5. The van der Waals surface area contributed by atoms with Gasteiger partial charge in [-0.1, -0.05) is 5.21 Å². The standard InChI is InChI=1S/C19H23F3N4O5S/c1-25(2)14(28)8-32-19-18(30-3)16(17(29)13(7-27)31-19)26-6-12(23-24-26)9-4-10(20)15(22)11(21)5-9/h4-6,13,16-19,27,29H,7-8H2,1-3H3/t13-,16+,17+,18-,19+/m1/s1. The summed E-state index contributed by atoms with van der Waals surface area (Å²) in [5.74, 6) is -4.45. The van der Waals surface area contributed by atoms with Crippen LogP contribution in [-0.4, -0.2) is 93.3 Å². The molecule has 1 amide bonds. The van der Waals surface area contributed by atoms with Gasteiger partial charge in [0.25, 0.3) is 0 Å². The molecule has 1 aliphatic heterocycles. The van der Waals surface area contributed by atoms with Crippen molar-refractivity contribution in [3.8, 4) is 11.3 Å². The molecule has 2 N–H and O–H groups in total. The first-order valence-corrected chi connectivity index (χ1v) is 10.6. The van der Waals surface area contributed by atoms with Crippen LogP contribution in [0.3, 0.4) is 0 Å². The summed E-state index contributed by atoms with van der Waals surface area (Å²) >= 11 is 1.13. The van der Waals surface area contributed by atoms with Crippen molar-refractivity contribution in [1.29, 1.82) is 0 Å². The van der Waals surface area contributed by atoms with Crippen LogP contribution in [0.5, 0.6) is 0 Å². The van der Waals surface area contributed by atoms with E-state index in [1.165, 1.54) is 22.9 Å². The van der Waals surface area contributed by atoms with Gasteiger partial charge in [0.2, 0.25) is 5.91 Å². The Bertz CT molecular complexity index is 940. The number of hydrogen-bond donors (Lipinski definition) is 2. The van der Waals surface area contributed by atoms with E-state index in [0.717, 1.165) is 23.9 Å². The molecule has 0 aliphatic carbocycles. The molecule has 9 nitrogen and oxygen atoms in total. The molecule has 1 saturated heterocycles. The van der Waals surface area contributed by atoms with Gasteiger partial charge in [-0.15, -0.1) is 16.9 Å². The fourth-order valence-corrected chi connectivity index (χ4v) is 4.54. The number of thioether (sulfide) groups is 1. The molecule has 0 spiro atoms. The number of aromatic nitrogens is 3. The fraction of sp³-hybridized carbons (Fsp3) is 0.526. The molecule has 176 valence electrons. The molecule has 1 fully saturated rings. The van der Waals surface area contributed by atoms with E-state index in [-0.39, 0.29) is 22.9 Å². The first kappa shape index (κ1) is 24.5. The normalized spacial score (nSPS) is 25.7. The maximum Gasteiger partial charge on any atom is 0.232 e. The Morgan fingerprint density at radius 1 is 1.31 bits per heavy atom. The van der Waals surface area contributed by atoms with E-state index in [4.69, 9.17) is 9.47 Å². The summed E-state index contributed by atoms with van der Waals surface area (Å²) in [7, 11) is 4.61. The monoisotopic (exact) mass is 476 g/mol. The largest absolute Gasteiger partial charge is 0.394 e. The number of benzene rings is 1. The van der Waals surface area contributed by atoms with Gasteiger partial charge in [0.1, 0.15) is 35.5 Å². The lowest BCUT2D eigenvalue weighted by Gasteiger charge is -2.43. The molecule has 0 bridgehead atoms. The quantitative estimate of drug-likeness (QED) is 0.566. The van der Waals surface area contributed by atoms with Crippen LogP contribution >= 0.6 is 11.8 Å². The van der Waals surface area contributed by atoms with E-state index in [1.807, 2.05) is 0 Å². The third kappa shape index (κ3) is 4.91. The Kier molecular flexibility index (Phi) is 7.77. The molecule has 3 rings (SSSR count). The lowest BCUT2D eigenvalue weighted by Crippen LogP contribution is -2.55. The predicted octanol–water partition coefficient (Wildman–Crippen LogP) is 0.818. The summed E-state index contributed by atoms with van der Waals surface area (Å²) in [4.78, 5) is 13.4. The van der Waals surface area contributed by atoms with Crippen molar-refractivity contribution in [2.75, 3.05) is 33.6 Å². The maximum absolute atomic E-state index is 13.6. The summed E-state index contributed by atoms with van der Waals surface area (Å²) in [5, 5.41) is 28.2. The average molecular weight is 476 g/mol. The number of ether oxygens (including phenoxy) is 2. The topological polar surface area (TPSA) is 110 Å². The molecule has 0 saturated carbocycles. The van der Waals surface area contributed by atoms with E-state index in [2.05, 4.69) is 10.3 Å². The molecular formula is C19H23F3N4O5S. The number of carbonyl (C=O) groups is 1. The molecule has 0 radical (unpaired) electrons. The highest BCUT2D eigenvalue weighted by Gasteiger charge is 2.47. The van der Waals surface area contributed by atoms with Crippen molar-refractivity contribution in [3.05, 3.63) is 35.8 Å². The van der Waals surface area contributed by atoms with Gasteiger partial charge < -0.3 is 24.6 Å². The van der Waals surface area contributed by atoms with Gasteiger partial charge in [-0.3, -0.25) is 4.79 Å². The number of carbonyl (C=O) groups excluding carboxylic acids is 1. The van der Waals surface area contributed by atoms with Crippen molar-refractivity contribution in [1.82, 2.24) is 19.9 Å². The molecule has 13 heteroatoms. The third-order valence-corrected chi connectivity index (χ3v) is 6.18. The number of hydrogen-bond acceptors (Lipinski definition) is 8. The Morgan fingerprint density at radius 2 is 1.97 bits per heavy atom. The van der Waals surface area contributed by atoms with Crippen molar-refractivity contribution < 1.29 is 37.7 Å². The van der Waals surface area contributed by atoms with E-state index < -0.39 is 53.8 Å². The van der Waals surface area contributed by atoms with Crippen LogP contribution in [0, 0.1) is 17.5 Å². The van der Waals surface area contributed by atoms with E-state index in [9.17, 15) is 28.2 Å². The van der Waals surface area contributed by atoms with Crippen LogP contribution in [0.1, 0.15) is 6.04 Å². The number of halogens is 3. The van der Waals surface area contributed by atoms with Gasteiger partial charge in [0.05, 0.1) is 18.6 Å². The number of methoxy groups -OCH3 is 1. The van der Waals surface area contributed by atoms with E-state index in [1.54, 1.807) is 14.1 Å². The summed E-state index contributed by atoms with van der Waals surface area (Å²) in [5.41, 5.74) is -0.768. The molecule has 1 aromatic carbocycles. The fourth-order valence-electron chi connectivity index (χ4n) is 3.29. The third-order valence-electron chi connectivity index (χ3n) is 5.06. The highest BCUT2D eigenvalue weighted by molar-refractivity contribution is 8.00. The van der Waals surface area contributed by atoms with Gasteiger partial charge in [0, 0.05) is 26.8 Å². The SMILES string of the molecule is CO[C@@H]1[C@@H](n2cc(-c3cc(F)c(F)c(F)c3)nn2)[C@@H](O)[C@@H](CO)O[C@H]1SCC(=O)N(C)C. The van der Waals surface area contributed by atoms with Crippen molar-refractivity contribution in [3.63, 3.8) is 0 Å². The first-order chi connectivity index (χ1) is 15.2. The van der Waals surface area contributed by atoms with E-state index >= 15 is 0 Å².